The summed E-state index contributed by atoms with van der Waals surface area (Å²) in [6.45, 7) is 6.75. The molecule has 1 amide bonds. The Morgan fingerprint density at radius 2 is 1.90 bits per heavy atom. The number of amides is 1. The van der Waals surface area contributed by atoms with Gasteiger partial charge >= 0.3 is 0 Å². The summed E-state index contributed by atoms with van der Waals surface area (Å²) in [4.78, 5) is 21.8. The number of pyridine rings is 1. The van der Waals surface area contributed by atoms with Crippen LogP contribution in [0.1, 0.15) is 43.4 Å². The highest BCUT2D eigenvalue weighted by Gasteiger charge is 2.33. The van der Waals surface area contributed by atoms with Crippen molar-refractivity contribution < 1.29 is 9.53 Å². The van der Waals surface area contributed by atoms with E-state index in [1.165, 1.54) is 0 Å². The first kappa shape index (κ1) is 21.4. The van der Waals surface area contributed by atoms with E-state index in [4.69, 9.17) is 21.2 Å². The number of carbonyl (C=O) groups excluding carboxylic acids is 1. The molecule has 2 aromatic rings. The van der Waals surface area contributed by atoms with Gasteiger partial charge in [0.05, 0.1) is 24.4 Å². The molecule has 166 valence electrons. The average Bonchev–Trinajstić information content (AvgIpc) is 3.60. The van der Waals surface area contributed by atoms with Crippen LogP contribution in [0.3, 0.4) is 0 Å². The third kappa shape index (κ3) is 4.32. The molecule has 0 bridgehead atoms. The van der Waals surface area contributed by atoms with E-state index < -0.39 is 0 Å². The number of anilines is 3. The minimum absolute atomic E-state index is 0.0979. The first-order valence-electron chi connectivity index (χ1n) is 11.1. The first-order valence-corrected chi connectivity index (χ1v) is 11.1. The molecule has 4 N–H and O–H groups in total. The van der Waals surface area contributed by atoms with Gasteiger partial charge in [-0.1, -0.05) is 12.1 Å². The number of methoxy groups -OCH3 is 1. The van der Waals surface area contributed by atoms with Crippen LogP contribution in [0.15, 0.2) is 24.3 Å². The second kappa shape index (κ2) is 8.75. The smallest absolute Gasteiger partial charge is 0.225 e. The van der Waals surface area contributed by atoms with Gasteiger partial charge in [0.2, 0.25) is 5.91 Å². The Morgan fingerprint density at radius 1 is 1.19 bits per heavy atom. The molecule has 2 heterocycles. The molecular weight excluding hydrogens is 390 g/mol. The predicted octanol–water partition coefficient (Wildman–Crippen LogP) is 3.17. The van der Waals surface area contributed by atoms with Crippen molar-refractivity contribution in [3.8, 4) is 11.1 Å². The standard InChI is InChI=1S/C24H33N5O2/c1-15-14-28(11-12-29(15)20(30)10-13-31-3)24-22(26)16(2)21(23(27-24)18-4-5-18)17-6-8-19(25)9-7-17/h6-9,15,18H,4-5,10-14,25-26H2,1-3H3/t15-/m1/s1. The zero-order valence-electron chi connectivity index (χ0n) is 18.7. The molecular formula is C24H33N5O2. The van der Waals surface area contributed by atoms with Crippen LogP contribution in [-0.2, 0) is 9.53 Å². The number of nitrogens with two attached hydrogens (primary N) is 2. The molecule has 4 rings (SSSR count). The number of nitrogens with zero attached hydrogens (tertiary/aromatic N) is 3. The van der Waals surface area contributed by atoms with Crippen LogP contribution in [0, 0.1) is 6.92 Å². The molecule has 0 unspecified atom stereocenters. The number of benzene rings is 1. The van der Waals surface area contributed by atoms with E-state index in [2.05, 4.69) is 30.9 Å². The lowest BCUT2D eigenvalue weighted by molar-refractivity contribution is -0.134. The second-order valence-corrected chi connectivity index (χ2v) is 8.76. The number of nitrogen functional groups attached to an aromatic ring is 2. The maximum absolute atomic E-state index is 12.5. The van der Waals surface area contributed by atoms with Gasteiger partial charge in [0.25, 0.3) is 0 Å². The largest absolute Gasteiger partial charge is 0.399 e. The highest BCUT2D eigenvalue weighted by molar-refractivity contribution is 5.82. The second-order valence-electron chi connectivity index (χ2n) is 8.76. The summed E-state index contributed by atoms with van der Waals surface area (Å²) in [6.07, 6.45) is 2.74. The van der Waals surface area contributed by atoms with Gasteiger partial charge in [0, 0.05) is 50.0 Å². The highest BCUT2D eigenvalue weighted by Crippen LogP contribution is 2.47. The molecule has 2 fully saturated rings. The molecule has 2 aliphatic rings. The Morgan fingerprint density at radius 3 is 2.52 bits per heavy atom. The van der Waals surface area contributed by atoms with E-state index in [0.29, 0.717) is 25.5 Å². The predicted molar refractivity (Wildman–Crippen MR) is 125 cm³/mol. The number of ether oxygens (including phenoxy) is 1. The van der Waals surface area contributed by atoms with E-state index in [1.54, 1.807) is 7.11 Å². The lowest BCUT2D eigenvalue weighted by atomic mass is 9.95. The van der Waals surface area contributed by atoms with Gasteiger partial charge in [0.1, 0.15) is 0 Å². The summed E-state index contributed by atoms with van der Waals surface area (Å²) in [5.41, 5.74) is 18.5. The van der Waals surface area contributed by atoms with Crippen molar-refractivity contribution in [1.82, 2.24) is 9.88 Å². The van der Waals surface area contributed by atoms with Crippen molar-refractivity contribution in [2.24, 2.45) is 0 Å². The number of carbonyl (C=O) groups is 1. The van der Waals surface area contributed by atoms with Gasteiger partial charge in [-0.05, 0) is 49.9 Å². The SMILES string of the molecule is COCCC(=O)N1CCN(c2nc(C3CC3)c(-c3ccc(N)cc3)c(C)c2N)C[C@H]1C. The fraction of sp³-hybridized carbons (Fsp3) is 0.500. The Labute approximate surface area is 184 Å². The zero-order chi connectivity index (χ0) is 22.1. The third-order valence-corrected chi connectivity index (χ3v) is 6.43. The molecule has 1 aliphatic heterocycles. The van der Waals surface area contributed by atoms with Crippen molar-refractivity contribution in [3.05, 3.63) is 35.5 Å². The van der Waals surface area contributed by atoms with Crippen molar-refractivity contribution in [2.75, 3.05) is 49.7 Å². The van der Waals surface area contributed by atoms with Crippen molar-refractivity contribution in [3.63, 3.8) is 0 Å². The molecule has 1 saturated heterocycles. The van der Waals surface area contributed by atoms with Gasteiger partial charge in [-0.3, -0.25) is 4.79 Å². The summed E-state index contributed by atoms with van der Waals surface area (Å²) in [6, 6.07) is 8.06. The van der Waals surface area contributed by atoms with Crippen molar-refractivity contribution >= 4 is 23.1 Å². The van der Waals surface area contributed by atoms with Crippen LogP contribution in [-0.4, -0.2) is 55.2 Å². The van der Waals surface area contributed by atoms with E-state index in [9.17, 15) is 4.79 Å². The minimum atomic E-state index is 0.0979. The molecule has 0 radical (unpaired) electrons. The lowest BCUT2D eigenvalue weighted by Gasteiger charge is -2.41. The number of rotatable bonds is 6. The van der Waals surface area contributed by atoms with Crippen molar-refractivity contribution in [1.29, 1.82) is 0 Å². The average molecular weight is 424 g/mol. The normalized spacial score (nSPS) is 19.0. The maximum atomic E-state index is 12.5. The third-order valence-electron chi connectivity index (χ3n) is 6.43. The Bertz CT molecular complexity index is 955. The Kier molecular flexibility index (Phi) is 6.05. The number of hydrogen-bond donors (Lipinski definition) is 2. The quantitative estimate of drug-likeness (QED) is 0.693. The van der Waals surface area contributed by atoms with Gasteiger partial charge in [-0.25, -0.2) is 4.98 Å². The number of hydrogen-bond acceptors (Lipinski definition) is 6. The summed E-state index contributed by atoms with van der Waals surface area (Å²) in [5.74, 6) is 1.48. The van der Waals surface area contributed by atoms with Crippen LogP contribution in [0.5, 0.6) is 0 Å². The van der Waals surface area contributed by atoms with Crippen LogP contribution in [0.4, 0.5) is 17.2 Å². The highest BCUT2D eigenvalue weighted by atomic mass is 16.5. The molecule has 1 atom stereocenters. The van der Waals surface area contributed by atoms with Gasteiger partial charge < -0.3 is 26.0 Å². The molecule has 1 saturated carbocycles. The zero-order valence-corrected chi connectivity index (χ0v) is 18.7. The van der Waals surface area contributed by atoms with Crippen LogP contribution in [0.25, 0.3) is 11.1 Å². The van der Waals surface area contributed by atoms with Gasteiger partial charge in [-0.2, -0.15) is 0 Å². The minimum Gasteiger partial charge on any atom is -0.399 e. The Balaban J connectivity index is 1.63. The summed E-state index contributed by atoms with van der Waals surface area (Å²) >= 11 is 0. The monoisotopic (exact) mass is 423 g/mol. The topological polar surface area (TPSA) is 97.7 Å². The lowest BCUT2D eigenvalue weighted by Crippen LogP contribution is -2.54. The first-order chi connectivity index (χ1) is 14.9. The fourth-order valence-electron chi connectivity index (χ4n) is 4.49. The van der Waals surface area contributed by atoms with E-state index in [1.807, 2.05) is 17.0 Å². The molecule has 1 aliphatic carbocycles. The van der Waals surface area contributed by atoms with Crippen LogP contribution < -0.4 is 16.4 Å². The van der Waals surface area contributed by atoms with Crippen molar-refractivity contribution in [2.45, 2.75) is 45.1 Å². The van der Waals surface area contributed by atoms with E-state index in [0.717, 1.165) is 65.5 Å². The number of piperazine rings is 1. The van der Waals surface area contributed by atoms with Crippen LogP contribution >= 0.6 is 0 Å². The summed E-state index contributed by atoms with van der Waals surface area (Å²) < 4.78 is 5.06. The molecule has 0 spiro atoms. The molecule has 7 heteroatoms. The van der Waals surface area contributed by atoms with Gasteiger partial charge in [0.15, 0.2) is 5.82 Å². The van der Waals surface area contributed by atoms with E-state index >= 15 is 0 Å². The summed E-state index contributed by atoms with van der Waals surface area (Å²) in [5, 5.41) is 0. The van der Waals surface area contributed by atoms with Crippen LogP contribution in [0.2, 0.25) is 0 Å². The molecule has 1 aromatic heterocycles. The van der Waals surface area contributed by atoms with Gasteiger partial charge in [-0.15, -0.1) is 0 Å². The molecule has 1 aromatic carbocycles. The molecule has 31 heavy (non-hydrogen) atoms. The molecule has 7 nitrogen and oxygen atoms in total. The Hall–Kier alpha value is -2.80. The van der Waals surface area contributed by atoms with E-state index in [-0.39, 0.29) is 11.9 Å². The fourth-order valence-corrected chi connectivity index (χ4v) is 4.49. The number of aromatic nitrogens is 1. The maximum Gasteiger partial charge on any atom is 0.225 e. The summed E-state index contributed by atoms with van der Waals surface area (Å²) in [7, 11) is 1.62.